The van der Waals surface area contributed by atoms with Crippen LogP contribution in [-0.4, -0.2) is 25.9 Å². The van der Waals surface area contributed by atoms with Gasteiger partial charge in [0.2, 0.25) is 5.91 Å². The van der Waals surface area contributed by atoms with Crippen molar-refractivity contribution in [1.29, 1.82) is 0 Å². The minimum absolute atomic E-state index is 0.00359. The maximum Gasteiger partial charge on any atom is 0.233 e. The standard InChI is InChI=1S/C16H22N4OS/c1-11(2)20-10-18-19-16(20)22-13(4)15(21)17-9-14-7-5-12(3)6-8-14/h5-8,10-11,13H,9H2,1-4H3,(H,17,21)/t13-/m1/s1. The van der Waals surface area contributed by atoms with E-state index in [1.807, 2.05) is 42.7 Å². The van der Waals surface area contributed by atoms with E-state index in [4.69, 9.17) is 0 Å². The number of nitrogens with one attached hydrogen (secondary N) is 1. The van der Waals surface area contributed by atoms with Crippen LogP contribution in [0.15, 0.2) is 35.7 Å². The lowest BCUT2D eigenvalue weighted by atomic mass is 10.1. The third kappa shape index (κ3) is 4.34. The molecular formula is C16H22N4OS. The Balaban J connectivity index is 1.89. The largest absolute Gasteiger partial charge is 0.351 e. The van der Waals surface area contributed by atoms with Crippen LogP contribution in [0, 0.1) is 6.92 Å². The van der Waals surface area contributed by atoms with E-state index in [1.165, 1.54) is 17.3 Å². The summed E-state index contributed by atoms with van der Waals surface area (Å²) in [7, 11) is 0. The van der Waals surface area contributed by atoms with E-state index in [0.29, 0.717) is 6.54 Å². The molecule has 0 fully saturated rings. The minimum Gasteiger partial charge on any atom is -0.351 e. The summed E-state index contributed by atoms with van der Waals surface area (Å²) in [6.45, 7) is 8.60. The monoisotopic (exact) mass is 318 g/mol. The highest BCUT2D eigenvalue weighted by atomic mass is 32.2. The summed E-state index contributed by atoms with van der Waals surface area (Å²) in [5.74, 6) is 0.00359. The molecule has 0 aliphatic rings. The van der Waals surface area contributed by atoms with Crippen molar-refractivity contribution >= 4 is 17.7 Å². The second kappa shape index (κ2) is 7.45. The predicted octanol–water partition coefficient (Wildman–Crippen LogP) is 2.96. The average molecular weight is 318 g/mol. The summed E-state index contributed by atoms with van der Waals surface area (Å²) in [6.07, 6.45) is 1.70. The third-order valence-electron chi connectivity index (χ3n) is 3.34. The van der Waals surface area contributed by atoms with Gasteiger partial charge in [-0.2, -0.15) is 0 Å². The molecule has 1 N–H and O–H groups in total. The molecule has 0 radical (unpaired) electrons. The molecule has 22 heavy (non-hydrogen) atoms. The Morgan fingerprint density at radius 1 is 1.27 bits per heavy atom. The normalized spacial score (nSPS) is 12.4. The highest BCUT2D eigenvalue weighted by molar-refractivity contribution is 8.00. The van der Waals surface area contributed by atoms with E-state index < -0.39 is 0 Å². The molecule has 1 aromatic carbocycles. The number of hydrogen-bond donors (Lipinski definition) is 1. The van der Waals surface area contributed by atoms with E-state index in [9.17, 15) is 4.79 Å². The van der Waals surface area contributed by atoms with Crippen LogP contribution in [0.4, 0.5) is 0 Å². The second-order valence-corrected chi connectivity index (χ2v) is 6.89. The molecule has 1 heterocycles. The van der Waals surface area contributed by atoms with Gasteiger partial charge in [-0.3, -0.25) is 4.79 Å². The molecule has 0 aliphatic heterocycles. The maximum atomic E-state index is 12.2. The zero-order chi connectivity index (χ0) is 16.1. The van der Waals surface area contributed by atoms with Crippen molar-refractivity contribution in [3.63, 3.8) is 0 Å². The zero-order valence-corrected chi connectivity index (χ0v) is 14.2. The summed E-state index contributed by atoms with van der Waals surface area (Å²) in [4.78, 5) is 12.2. The van der Waals surface area contributed by atoms with Crippen LogP contribution >= 0.6 is 11.8 Å². The Hall–Kier alpha value is -1.82. The number of aromatic nitrogens is 3. The van der Waals surface area contributed by atoms with Gasteiger partial charge in [-0.05, 0) is 33.3 Å². The van der Waals surface area contributed by atoms with Crippen LogP contribution in [0.5, 0.6) is 0 Å². The van der Waals surface area contributed by atoms with Crippen molar-refractivity contribution in [3.05, 3.63) is 41.7 Å². The van der Waals surface area contributed by atoms with E-state index in [0.717, 1.165) is 10.7 Å². The molecule has 1 atom stereocenters. The number of carbonyl (C=O) groups excluding carboxylic acids is 1. The number of benzene rings is 1. The summed E-state index contributed by atoms with van der Waals surface area (Å²) >= 11 is 1.43. The van der Waals surface area contributed by atoms with Gasteiger partial charge in [-0.1, -0.05) is 41.6 Å². The zero-order valence-electron chi connectivity index (χ0n) is 13.4. The molecule has 0 aliphatic carbocycles. The van der Waals surface area contributed by atoms with Gasteiger partial charge in [0.05, 0.1) is 5.25 Å². The quantitative estimate of drug-likeness (QED) is 0.832. The molecule has 0 spiro atoms. The highest BCUT2D eigenvalue weighted by Gasteiger charge is 2.18. The van der Waals surface area contributed by atoms with Crippen molar-refractivity contribution in [2.24, 2.45) is 0 Å². The van der Waals surface area contributed by atoms with Gasteiger partial charge >= 0.3 is 0 Å². The lowest BCUT2D eigenvalue weighted by molar-refractivity contribution is -0.120. The fraction of sp³-hybridized carbons (Fsp3) is 0.438. The molecule has 2 rings (SSSR count). The number of hydrogen-bond acceptors (Lipinski definition) is 4. The Morgan fingerprint density at radius 3 is 2.59 bits per heavy atom. The number of rotatable bonds is 6. The Kier molecular flexibility index (Phi) is 5.60. The van der Waals surface area contributed by atoms with E-state index in [1.54, 1.807) is 6.33 Å². The van der Waals surface area contributed by atoms with Crippen LogP contribution < -0.4 is 5.32 Å². The summed E-state index contributed by atoms with van der Waals surface area (Å²) in [6, 6.07) is 8.43. The van der Waals surface area contributed by atoms with Crippen LogP contribution in [0.3, 0.4) is 0 Å². The van der Waals surface area contributed by atoms with Crippen LogP contribution in [-0.2, 0) is 11.3 Å². The molecule has 118 valence electrons. The topological polar surface area (TPSA) is 59.8 Å². The minimum atomic E-state index is -0.216. The van der Waals surface area contributed by atoms with Gasteiger partial charge in [-0.15, -0.1) is 10.2 Å². The maximum absolute atomic E-state index is 12.2. The van der Waals surface area contributed by atoms with Crippen LogP contribution in [0.1, 0.15) is 37.9 Å². The van der Waals surface area contributed by atoms with E-state index >= 15 is 0 Å². The average Bonchev–Trinajstić information content (AvgIpc) is 2.94. The SMILES string of the molecule is Cc1ccc(CNC(=O)[C@@H](C)Sc2nncn2C(C)C)cc1. The number of thioether (sulfide) groups is 1. The molecular weight excluding hydrogens is 296 g/mol. The molecule has 6 heteroatoms. The molecule has 0 bridgehead atoms. The lowest BCUT2D eigenvalue weighted by Crippen LogP contribution is -2.30. The molecule has 0 saturated heterocycles. The first-order chi connectivity index (χ1) is 10.5. The van der Waals surface area contributed by atoms with Gasteiger partial charge in [0.25, 0.3) is 0 Å². The number of carbonyl (C=O) groups is 1. The number of nitrogens with zero attached hydrogens (tertiary/aromatic N) is 3. The Bertz CT molecular complexity index is 621. The number of aryl methyl sites for hydroxylation is 1. The van der Waals surface area contributed by atoms with Gasteiger partial charge in [0.1, 0.15) is 6.33 Å². The highest BCUT2D eigenvalue weighted by Crippen LogP contribution is 2.23. The molecule has 1 amide bonds. The van der Waals surface area contributed by atoms with Crippen molar-refractivity contribution in [2.75, 3.05) is 0 Å². The molecule has 0 saturated carbocycles. The fourth-order valence-corrected chi connectivity index (χ4v) is 2.90. The third-order valence-corrected chi connectivity index (χ3v) is 4.41. The smallest absolute Gasteiger partial charge is 0.233 e. The molecule has 2 aromatic rings. The summed E-state index contributed by atoms with van der Waals surface area (Å²) < 4.78 is 1.97. The van der Waals surface area contributed by atoms with Crippen molar-refractivity contribution in [1.82, 2.24) is 20.1 Å². The fourth-order valence-electron chi connectivity index (χ4n) is 1.92. The van der Waals surface area contributed by atoms with Gasteiger partial charge < -0.3 is 9.88 Å². The number of amides is 1. The van der Waals surface area contributed by atoms with Gasteiger partial charge in [0.15, 0.2) is 5.16 Å². The Morgan fingerprint density at radius 2 is 1.95 bits per heavy atom. The van der Waals surface area contributed by atoms with Crippen LogP contribution in [0.2, 0.25) is 0 Å². The Labute approximate surface area is 135 Å². The van der Waals surface area contributed by atoms with Crippen molar-refractivity contribution < 1.29 is 4.79 Å². The van der Waals surface area contributed by atoms with E-state index in [-0.39, 0.29) is 17.2 Å². The van der Waals surface area contributed by atoms with Gasteiger partial charge in [-0.25, -0.2) is 0 Å². The molecule has 1 aromatic heterocycles. The second-order valence-electron chi connectivity index (χ2n) is 5.58. The van der Waals surface area contributed by atoms with E-state index in [2.05, 4.69) is 29.4 Å². The van der Waals surface area contributed by atoms with Gasteiger partial charge in [0, 0.05) is 12.6 Å². The predicted molar refractivity (Wildman–Crippen MR) is 88.8 cm³/mol. The first kappa shape index (κ1) is 16.5. The lowest BCUT2D eigenvalue weighted by Gasteiger charge is -2.14. The molecule has 0 unspecified atom stereocenters. The summed E-state index contributed by atoms with van der Waals surface area (Å²) in [5, 5.41) is 11.5. The van der Waals surface area contributed by atoms with Crippen molar-refractivity contribution in [2.45, 2.75) is 50.7 Å². The van der Waals surface area contributed by atoms with Crippen molar-refractivity contribution in [3.8, 4) is 0 Å². The first-order valence-corrected chi connectivity index (χ1v) is 8.24. The van der Waals surface area contributed by atoms with Crippen LogP contribution in [0.25, 0.3) is 0 Å². The summed E-state index contributed by atoms with van der Waals surface area (Å²) in [5.41, 5.74) is 2.31. The molecule has 5 nitrogen and oxygen atoms in total. The first-order valence-electron chi connectivity index (χ1n) is 7.36.